The average Bonchev–Trinajstić information content (AvgIpc) is 2.73. The van der Waals surface area contributed by atoms with E-state index in [2.05, 4.69) is 18.1 Å². The largest absolute Gasteiger partial charge is 0.332 e. The van der Waals surface area contributed by atoms with Crippen LogP contribution >= 0.6 is 0 Å². The van der Waals surface area contributed by atoms with Gasteiger partial charge in [0.25, 0.3) is 5.56 Å². The number of nitrogens with zero attached hydrogens (tertiary/aromatic N) is 4. The van der Waals surface area contributed by atoms with Crippen molar-refractivity contribution in [3.05, 3.63) is 45.9 Å². The minimum Gasteiger partial charge on any atom is -0.315 e. The van der Waals surface area contributed by atoms with Gasteiger partial charge in [0.1, 0.15) is 5.82 Å². The van der Waals surface area contributed by atoms with Crippen molar-refractivity contribution in [1.29, 1.82) is 0 Å². The van der Waals surface area contributed by atoms with Gasteiger partial charge in [-0.25, -0.2) is 9.78 Å². The Morgan fingerprint density at radius 3 is 2.44 bits per heavy atom. The topological polar surface area (TPSA) is 61.8 Å². The molecule has 18 heavy (non-hydrogen) atoms. The van der Waals surface area contributed by atoms with Crippen LogP contribution in [0.2, 0.25) is 0 Å². The highest BCUT2D eigenvalue weighted by molar-refractivity contribution is 5.73. The SMILES string of the molecule is C=CCn1c(C=C)nc2c1c(=O)n(C)c(=O)n2C. The molecule has 0 unspecified atom stereocenters. The highest BCUT2D eigenvalue weighted by Crippen LogP contribution is 2.11. The fourth-order valence-electron chi connectivity index (χ4n) is 1.93. The van der Waals surface area contributed by atoms with E-state index in [0.717, 1.165) is 4.57 Å². The lowest BCUT2D eigenvalue weighted by molar-refractivity contribution is 0.703. The zero-order valence-corrected chi connectivity index (χ0v) is 10.4. The van der Waals surface area contributed by atoms with E-state index in [-0.39, 0.29) is 5.56 Å². The lowest BCUT2D eigenvalue weighted by atomic mass is 10.4. The van der Waals surface area contributed by atoms with Crippen LogP contribution in [0.3, 0.4) is 0 Å². The summed E-state index contributed by atoms with van der Waals surface area (Å²) >= 11 is 0. The number of hydrogen-bond acceptors (Lipinski definition) is 3. The van der Waals surface area contributed by atoms with Crippen molar-refractivity contribution in [3.8, 4) is 0 Å². The van der Waals surface area contributed by atoms with Crippen molar-refractivity contribution in [2.45, 2.75) is 6.54 Å². The molecule has 0 aromatic carbocycles. The summed E-state index contributed by atoms with van der Waals surface area (Å²) in [6.07, 6.45) is 3.21. The first-order valence-corrected chi connectivity index (χ1v) is 5.42. The minimum absolute atomic E-state index is 0.361. The van der Waals surface area contributed by atoms with Gasteiger partial charge in [-0.3, -0.25) is 13.9 Å². The van der Waals surface area contributed by atoms with Crippen molar-refractivity contribution in [3.63, 3.8) is 0 Å². The van der Waals surface area contributed by atoms with E-state index in [0.29, 0.717) is 23.5 Å². The van der Waals surface area contributed by atoms with Gasteiger partial charge in [0.2, 0.25) is 0 Å². The molecule has 0 N–H and O–H groups in total. The summed E-state index contributed by atoms with van der Waals surface area (Å²) in [6, 6.07) is 0. The van der Waals surface area contributed by atoms with Crippen LogP contribution in [-0.4, -0.2) is 18.7 Å². The molecular weight excluding hydrogens is 232 g/mol. The van der Waals surface area contributed by atoms with Gasteiger partial charge in [0.15, 0.2) is 11.2 Å². The normalized spacial score (nSPS) is 10.8. The van der Waals surface area contributed by atoms with Gasteiger partial charge in [-0.2, -0.15) is 0 Å². The Morgan fingerprint density at radius 1 is 1.22 bits per heavy atom. The third kappa shape index (κ3) is 1.46. The monoisotopic (exact) mass is 246 g/mol. The Morgan fingerprint density at radius 2 is 1.89 bits per heavy atom. The molecule has 2 rings (SSSR count). The van der Waals surface area contributed by atoms with Crippen molar-refractivity contribution in [1.82, 2.24) is 18.7 Å². The molecule has 0 bridgehead atoms. The molecule has 6 nitrogen and oxygen atoms in total. The van der Waals surface area contributed by atoms with E-state index >= 15 is 0 Å². The van der Waals surface area contributed by atoms with Crippen LogP contribution in [-0.2, 0) is 20.6 Å². The third-order valence-electron chi connectivity index (χ3n) is 2.87. The van der Waals surface area contributed by atoms with Crippen LogP contribution in [0, 0.1) is 0 Å². The van der Waals surface area contributed by atoms with E-state index in [4.69, 9.17) is 0 Å². The lowest BCUT2D eigenvalue weighted by Gasteiger charge is -2.05. The second-order valence-corrected chi connectivity index (χ2v) is 3.95. The number of fused-ring (bicyclic) bond motifs is 1. The fourth-order valence-corrected chi connectivity index (χ4v) is 1.93. The molecule has 0 saturated heterocycles. The van der Waals surface area contributed by atoms with Gasteiger partial charge in [-0.05, 0) is 6.08 Å². The predicted molar refractivity (Wildman–Crippen MR) is 70.5 cm³/mol. The molecule has 0 aliphatic heterocycles. The second-order valence-electron chi connectivity index (χ2n) is 3.95. The van der Waals surface area contributed by atoms with Crippen molar-refractivity contribution < 1.29 is 0 Å². The molecule has 0 spiro atoms. The zero-order valence-electron chi connectivity index (χ0n) is 10.4. The van der Waals surface area contributed by atoms with Gasteiger partial charge in [-0.15, -0.1) is 6.58 Å². The maximum atomic E-state index is 12.1. The van der Waals surface area contributed by atoms with Crippen molar-refractivity contribution >= 4 is 17.2 Å². The Hall–Kier alpha value is -2.37. The molecule has 2 heterocycles. The summed E-state index contributed by atoms with van der Waals surface area (Å²) in [5, 5.41) is 0. The molecule has 2 aromatic rings. The molecular formula is C12H14N4O2. The van der Waals surface area contributed by atoms with Crippen molar-refractivity contribution in [2.24, 2.45) is 14.1 Å². The lowest BCUT2D eigenvalue weighted by Crippen LogP contribution is -2.37. The molecule has 0 atom stereocenters. The van der Waals surface area contributed by atoms with E-state index in [9.17, 15) is 9.59 Å². The number of rotatable bonds is 3. The van der Waals surface area contributed by atoms with Gasteiger partial charge in [0.05, 0.1) is 0 Å². The number of allylic oxidation sites excluding steroid dienone is 1. The van der Waals surface area contributed by atoms with Crippen molar-refractivity contribution in [2.75, 3.05) is 0 Å². The highest BCUT2D eigenvalue weighted by atomic mass is 16.2. The van der Waals surface area contributed by atoms with E-state index < -0.39 is 5.69 Å². The first-order chi connectivity index (χ1) is 8.52. The molecule has 0 fully saturated rings. The number of aromatic nitrogens is 4. The van der Waals surface area contributed by atoms with Gasteiger partial charge in [0, 0.05) is 20.6 Å². The molecule has 0 radical (unpaired) electrons. The van der Waals surface area contributed by atoms with Crippen LogP contribution in [0.15, 0.2) is 28.8 Å². The Bertz CT molecular complexity index is 761. The average molecular weight is 246 g/mol. The van der Waals surface area contributed by atoms with E-state index in [1.54, 1.807) is 23.8 Å². The maximum Gasteiger partial charge on any atom is 0.332 e. The Labute approximate surface area is 103 Å². The number of imidazole rings is 1. The highest BCUT2D eigenvalue weighted by Gasteiger charge is 2.16. The number of hydrogen-bond donors (Lipinski definition) is 0. The molecule has 0 aliphatic rings. The summed E-state index contributed by atoms with van der Waals surface area (Å²) in [5.41, 5.74) is -0.0174. The summed E-state index contributed by atoms with van der Waals surface area (Å²) in [7, 11) is 3.03. The van der Waals surface area contributed by atoms with Crippen LogP contribution in [0.4, 0.5) is 0 Å². The van der Waals surface area contributed by atoms with Gasteiger partial charge >= 0.3 is 5.69 Å². The molecule has 94 valence electrons. The van der Waals surface area contributed by atoms with Gasteiger partial charge in [-0.1, -0.05) is 12.7 Å². The third-order valence-corrected chi connectivity index (χ3v) is 2.87. The zero-order chi connectivity index (χ0) is 13.4. The standard InChI is InChI=1S/C12H14N4O2/c1-5-7-16-8(6-2)13-10-9(16)11(17)15(4)12(18)14(10)3/h5-6H,1-2,7H2,3-4H3. The van der Waals surface area contributed by atoms with E-state index in [1.807, 2.05) is 0 Å². The van der Waals surface area contributed by atoms with E-state index in [1.165, 1.54) is 11.6 Å². The number of aryl methyl sites for hydroxylation is 1. The smallest absolute Gasteiger partial charge is 0.315 e. The summed E-state index contributed by atoms with van der Waals surface area (Å²) < 4.78 is 4.11. The minimum atomic E-state index is -0.397. The second kappa shape index (κ2) is 4.14. The molecule has 6 heteroatoms. The van der Waals surface area contributed by atoms with Crippen LogP contribution in [0.1, 0.15) is 5.82 Å². The van der Waals surface area contributed by atoms with Crippen LogP contribution < -0.4 is 11.2 Å². The molecule has 0 aliphatic carbocycles. The Kier molecular flexibility index (Phi) is 2.78. The van der Waals surface area contributed by atoms with Gasteiger partial charge < -0.3 is 4.57 Å². The molecule has 0 amide bonds. The summed E-state index contributed by atoms with van der Waals surface area (Å²) in [5.74, 6) is 0.545. The molecule has 2 aromatic heterocycles. The maximum absolute atomic E-state index is 12.1. The quantitative estimate of drug-likeness (QED) is 0.730. The molecule has 0 saturated carbocycles. The summed E-state index contributed by atoms with van der Waals surface area (Å²) in [4.78, 5) is 28.2. The fraction of sp³-hybridized carbons (Fsp3) is 0.250. The van der Waals surface area contributed by atoms with Crippen LogP contribution in [0.5, 0.6) is 0 Å². The first-order valence-electron chi connectivity index (χ1n) is 5.42. The van der Waals surface area contributed by atoms with Crippen LogP contribution in [0.25, 0.3) is 17.2 Å². The Balaban J connectivity index is 3.09. The first kappa shape index (κ1) is 12.1. The summed E-state index contributed by atoms with van der Waals surface area (Å²) in [6.45, 7) is 7.74. The predicted octanol–water partition coefficient (Wildman–Crippen LogP) is 0.263.